The Hall–Kier alpha value is -1.60. The standard InChI is InChI=1S/C19H27NO5S/c1-13-5-9-15(10-6-13)26(22,23)25-17-12-20(11-16(17)14-7-8-14)18(21)24-19(2,3)4/h5-6,9-10,14,16-17H,7-8,11-12H2,1-4H3/t16-,17+/m0/s1. The van der Waals surface area contributed by atoms with Crippen molar-refractivity contribution in [2.45, 2.75) is 57.1 Å². The Kier molecular flexibility index (Phi) is 5.05. The first-order valence-electron chi connectivity index (χ1n) is 9.03. The third-order valence-corrected chi connectivity index (χ3v) is 6.10. The van der Waals surface area contributed by atoms with E-state index in [-0.39, 0.29) is 17.4 Å². The summed E-state index contributed by atoms with van der Waals surface area (Å²) in [5, 5.41) is 0. The van der Waals surface area contributed by atoms with Gasteiger partial charge in [-0.15, -0.1) is 0 Å². The van der Waals surface area contributed by atoms with Crippen LogP contribution in [-0.2, 0) is 19.0 Å². The number of carbonyl (C=O) groups excluding carboxylic acids is 1. The summed E-state index contributed by atoms with van der Waals surface area (Å²) in [6.45, 7) is 8.06. The van der Waals surface area contributed by atoms with Crippen LogP contribution in [0, 0.1) is 18.8 Å². The van der Waals surface area contributed by atoms with Crippen LogP contribution in [0.4, 0.5) is 4.79 Å². The van der Waals surface area contributed by atoms with Crippen LogP contribution in [0.3, 0.4) is 0 Å². The molecular weight excluding hydrogens is 354 g/mol. The van der Waals surface area contributed by atoms with Gasteiger partial charge in [-0.1, -0.05) is 17.7 Å². The Morgan fingerprint density at radius 2 is 1.73 bits per heavy atom. The summed E-state index contributed by atoms with van der Waals surface area (Å²) in [5.41, 5.74) is 0.399. The third-order valence-electron chi connectivity index (χ3n) is 4.75. The molecule has 1 saturated carbocycles. The number of hydrogen-bond acceptors (Lipinski definition) is 5. The van der Waals surface area contributed by atoms with E-state index in [4.69, 9.17) is 8.92 Å². The van der Waals surface area contributed by atoms with E-state index < -0.39 is 27.9 Å². The Morgan fingerprint density at radius 3 is 2.27 bits per heavy atom. The van der Waals surface area contributed by atoms with Crippen molar-refractivity contribution in [2.75, 3.05) is 13.1 Å². The Bertz CT molecular complexity index is 762. The van der Waals surface area contributed by atoms with E-state index in [2.05, 4.69) is 0 Å². The summed E-state index contributed by atoms with van der Waals surface area (Å²) in [7, 11) is -3.86. The molecule has 1 aliphatic carbocycles. The zero-order valence-electron chi connectivity index (χ0n) is 15.8. The first-order chi connectivity index (χ1) is 12.0. The smallest absolute Gasteiger partial charge is 0.410 e. The molecule has 26 heavy (non-hydrogen) atoms. The lowest BCUT2D eigenvalue weighted by atomic mass is 10.0. The Balaban J connectivity index is 1.73. The third kappa shape index (κ3) is 4.57. The molecule has 2 aliphatic rings. The molecule has 0 aromatic heterocycles. The predicted octanol–water partition coefficient (Wildman–Crippen LogP) is 3.35. The van der Waals surface area contributed by atoms with E-state index in [1.54, 1.807) is 29.2 Å². The van der Waals surface area contributed by atoms with E-state index in [0.29, 0.717) is 12.5 Å². The first-order valence-corrected chi connectivity index (χ1v) is 10.4. The van der Waals surface area contributed by atoms with Gasteiger partial charge in [0.05, 0.1) is 17.5 Å². The number of aryl methyl sites for hydroxylation is 1. The molecule has 3 rings (SSSR count). The summed E-state index contributed by atoms with van der Waals surface area (Å²) in [5.74, 6) is 0.448. The van der Waals surface area contributed by atoms with Crippen LogP contribution in [-0.4, -0.2) is 44.2 Å². The molecule has 0 bridgehead atoms. The highest BCUT2D eigenvalue weighted by Crippen LogP contribution is 2.43. The maximum atomic E-state index is 12.6. The van der Waals surface area contributed by atoms with Gasteiger partial charge in [0, 0.05) is 12.5 Å². The Labute approximate surface area is 155 Å². The monoisotopic (exact) mass is 381 g/mol. The molecular formula is C19H27NO5S. The van der Waals surface area contributed by atoms with Crippen molar-refractivity contribution >= 4 is 16.2 Å². The quantitative estimate of drug-likeness (QED) is 0.748. The van der Waals surface area contributed by atoms with Crippen LogP contribution in [0.5, 0.6) is 0 Å². The zero-order valence-corrected chi connectivity index (χ0v) is 16.6. The van der Waals surface area contributed by atoms with Gasteiger partial charge in [0.1, 0.15) is 5.60 Å². The molecule has 6 nitrogen and oxygen atoms in total. The van der Waals surface area contributed by atoms with Crippen molar-refractivity contribution in [1.82, 2.24) is 4.90 Å². The van der Waals surface area contributed by atoms with Gasteiger partial charge in [-0.3, -0.25) is 4.18 Å². The fraction of sp³-hybridized carbons (Fsp3) is 0.632. The minimum Gasteiger partial charge on any atom is -0.444 e. The zero-order chi connectivity index (χ0) is 19.1. The van der Waals surface area contributed by atoms with Crippen LogP contribution in [0.15, 0.2) is 29.2 Å². The maximum Gasteiger partial charge on any atom is 0.410 e. The van der Waals surface area contributed by atoms with Crippen LogP contribution in [0.25, 0.3) is 0 Å². The molecule has 1 saturated heterocycles. The van der Waals surface area contributed by atoms with Crippen LogP contribution in [0.1, 0.15) is 39.2 Å². The van der Waals surface area contributed by atoms with Gasteiger partial charge in [0.15, 0.2) is 0 Å². The van der Waals surface area contributed by atoms with Gasteiger partial charge in [0.25, 0.3) is 10.1 Å². The molecule has 7 heteroatoms. The molecule has 1 aliphatic heterocycles. The largest absolute Gasteiger partial charge is 0.444 e. The number of carbonyl (C=O) groups is 1. The summed E-state index contributed by atoms with van der Waals surface area (Å²) in [6.07, 6.45) is 1.16. The number of rotatable bonds is 4. The molecule has 1 aromatic rings. The molecule has 1 heterocycles. The number of amides is 1. The highest BCUT2D eigenvalue weighted by atomic mass is 32.2. The normalized spacial score (nSPS) is 23.9. The van der Waals surface area contributed by atoms with Gasteiger partial charge in [-0.2, -0.15) is 8.42 Å². The van der Waals surface area contributed by atoms with Crippen LogP contribution < -0.4 is 0 Å². The molecule has 1 amide bonds. The van der Waals surface area contributed by atoms with Crippen molar-refractivity contribution in [3.63, 3.8) is 0 Å². The van der Waals surface area contributed by atoms with Gasteiger partial charge in [-0.25, -0.2) is 4.79 Å². The SMILES string of the molecule is Cc1ccc(S(=O)(=O)O[C@@H]2CN(C(=O)OC(C)(C)C)C[C@H]2C2CC2)cc1. The van der Waals surface area contributed by atoms with E-state index in [9.17, 15) is 13.2 Å². The van der Waals surface area contributed by atoms with Gasteiger partial charge in [0.2, 0.25) is 0 Å². The van der Waals surface area contributed by atoms with Crippen molar-refractivity contribution in [2.24, 2.45) is 11.8 Å². The summed E-state index contributed by atoms with van der Waals surface area (Å²) >= 11 is 0. The van der Waals surface area contributed by atoms with Gasteiger partial charge in [-0.05, 0) is 58.6 Å². The number of hydrogen-bond donors (Lipinski definition) is 0. The lowest BCUT2D eigenvalue weighted by Gasteiger charge is -2.24. The van der Waals surface area contributed by atoms with Crippen molar-refractivity contribution in [1.29, 1.82) is 0 Å². The minimum absolute atomic E-state index is 0.0303. The summed E-state index contributed by atoms with van der Waals surface area (Å²) in [4.78, 5) is 14.1. The van der Waals surface area contributed by atoms with E-state index >= 15 is 0 Å². The lowest BCUT2D eigenvalue weighted by Crippen LogP contribution is -2.36. The number of ether oxygens (including phenoxy) is 1. The Morgan fingerprint density at radius 1 is 1.12 bits per heavy atom. The average molecular weight is 381 g/mol. The fourth-order valence-electron chi connectivity index (χ4n) is 3.28. The molecule has 0 radical (unpaired) electrons. The molecule has 0 N–H and O–H groups in total. The van der Waals surface area contributed by atoms with Crippen molar-refractivity contribution in [3.8, 4) is 0 Å². The summed E-state index contributed by atoms with van der Waals surface area (Å²) in [6, 6.07) is 6.60. The number of nitrogens with zero attached hydrogens (tertiary/aromatic N) is 1. The molecule has 2 atom stereocenters. The fourth-order valence-corrected chi connectivity index (χ4v) is 4.39. The van der Waals surface area contributed by atoms with E-state index in [0.717, 1.165) is 18.4 Å². The second-order valence-corrected chi connectivity index (χ2v) is 9.86. The van der Waals surface area contributed by atoms with E-state index in [1.165, 1.54) is 0 Å². The molecule has 0 unspecified atom stereocenters. The molecule has 0 spiro atoms. The van der Waals surface area contributed by atoms with Crippen molar-refractivity contribution < 1.29 is 22.1 Å². The average Bonchev–Trinajstić information content (AvgIpc) is 3.27. The van der Waals surface area contributed by atoms with E-state index in [1.807, 2.05) is 27.7 Å². The highest BCUT2D eigenvalue weighted by Gasteiger charge is 2.47. The van der Waals surface area contributed by atoms with Crippen molar-refractivity contribution in [3.05, 3.63) is 29.8 Å². The topological polar surface area (TPSA) is 72.9 Å². The second-order valence-electron chi connectivity index (χ2n) is 8.29. The maximum absolute atomic E-state index is 12.6. The van der Waals surface area contributed by atoms with Gasteiger partial charge >= 0.3 is 6.09 Å². The number of benzene rings is 1. The minimum atomic E-state index is -3.86. The molecule has 2 fully saturated rings. The lowest BCUT2D eigenvalue weighted by molar-refractivity contribution is 0.0274. The molecule has 144 valence electrons. The van der Waals surface area contributed by atoms with Crippen LogP contribution in [0.2, 0.25) is 0 Å². The highest BCUT2D eigenvalue weighted by molar-refractivity contribution is 7.86. The molecule has 1 aromatic carbocycles. The number of likely N-dealkylation sites (tertiary alicyclic amines) is 1. The van der Waals surface area contributed by atoms with Gasteiger partial charge < -0.3 is 9.64 Å². The second kappa shape index (κ2) is 6.85. The van der Waals surface area contributed by atoms with Crippen LogP contribution >= 0.6 is 0 Å². The first kappa shape index (κ1) is 19.2. The predicted molar refractivity (Wildman–Crippen MR) is 97.3 cm³/mol. The summed E-state index contributed by atoms with van der Waals surface area (Å²) < 4.78 is 36.3.